The maximum Gasteiger partial charge on any atom is 0.237 e. The number of allylic oxidation sites excluding steroid dienone is 2. The Labute approximate surface area is 161 Å². The molecule has 142 valence electrons. The predicted octanol–water partition coefficient (Wildman–Crippen LogP) is 3.06. The lowest BCUT2D eigenvalue weighted by Gasteiger charge is -2.32. The zero-order valence-corrected chi connectivity index (χ0v) is 15.8. The Kier molecular flexibility index (Phi) is 5.53. The summed E-state index contributed by atoms with van der Waals surface area (Å²) in [7, 11) is 0. The number of imide groups is 1. The third-order valence-electron chi connectivity index (χ3n) is 6.17. The fourth-order valence-corrected chi connectivity index (χ4v) is 4.58. The van der Waals surface area contributed by atoms with E-state index in [9.17, 15) is 9.59 Å². The molecule has 4 rings (SSSR count). The quantitative estimate of drug-likeness (QED) is 0.729. The molecule has 2 atom stereocenters. The van der Waals surface area contributed by atoms with Crippen molar-refractivity contribution in [3.63, 3.8) is 0 Å². The average molecular weight is 364 g/mol. The van der Waals surface area contributed by atoms with Gasteiger partial charge in [-0.1, -0.05) is 54.6 Å². The highest BCUT2D eigenvalue weighted by Gasteiger charge is 2.45. The SMILES string of the molecule is O=C1C2C=CC=CC2C(=O)N1CCCN1CCC(Cc2ccccc2)CC1. The van der Waals surface area contributed by atoms with E-state index >= 15 is 0 Å². The number of piperidine rings is 1. The van der Waals surface area contributed by atoms with Gasteiger partial charge in [0.2, 0.25) is 11.8 Å². The van der Waals surface area contributed by atoms with Gasteiger partial charge in [-0.2, -0.15) is 0 Å². The Bertz CT molecular complexity index is 702. The first-order chi connectivity index (χ1) is 13.2. The van der Waals surface area contributed by atoms with Crippen molar-refractivity contribution in [3.05, 3.63) is 60.2 Å². The number of benzene rings is 1. The summed E-state index contributed by atoms with van der Waals surface area (Å²) in [6.45, 7) is 3.76. The van der Waals surface area contributed by atoms with Gasteiger partial charge in [-0.15, -0.1) is 0 Å². The van der Waals surface area contributed by atoms with Gasteiger partial charge in [-0.3, -0.25) is 14.5 Å². The van der Waals surface area contributed by atoms with Crippen molar-refractivity contribution in [3.8, 4) is 0 Å². The molecule has 0 N–H and O–H groups in total. The number of hydrogen-bond donors (Lipinski definition) is 0. The minimum atomic E-state index is -0.267. The van der Waals surface area contributed by atoms with Crippen LogP contribution in [0, 0.1) is 17.8 Å². The van der Waals surface area contributed by atoms with E-state index in [2.05, 4.69) is 35.2 Å². The molecule has 2 heterocycles. The molecule has 27 heavy (non-hydrogen) atoms. The topological polar surface area (TPSA) is 40.6 Å². The molecule has 0 bridgehead atoms. The number of rotatable bonds is 6. The maximum atomic E-state index is 12.5. The molecule has 4 nitrogen and oxygen atoms in total. The number of hydrogen-bond acceptors (Lipinski definition) is 3. The van der Waals surface area contributed by atoms with Gasteiger partial charge in [0.15, 0.2) is 0 Å². The molecule has 0 spiro atoms. The van der Waals surface area contributed by atoms with Crippen molar-refractivity contribution in [1.82, 2.24) is 9.80 Å². The van der Waals surface area contributed by atoms with E-state index in [-0.39, 0.29) is 23.7 Å². The van der Waals surface area contributed by atoms with E-state index in [1.807, 2.05) is 24.3 Å². The van der Waals surface area contributed by atoms with Crippen LogP contribution in [0.25, 0.3) is 0 Å². The van der Waals surface area contributed by atoms with Crippen LogP contribution in [0.4, 0.5) is 0 Å². The van der Waals surface area contributed by atoms with Crippen molar-refractivity contribution in [2.45, 2.75) is 25.7 Å². The van der Waals surface area contributed by atoms with Crippen molar-refractivity contribution in [2.24, 2.45) is 17.8 Å². The van der Waals surface area contributed by atoms with Crippen LogP contribution in [0.2, 0.25) is 0 Å². The molecule has 2 aliphatic heterocycles. The molecule has 0 radical (unpaired) electrons. The first-order valence-corrected chi connectivity index (χ1v) is 10.2. The molecular weight excluding hydrogens is 336 g/mol. The van der Waals surface area contributed by atoms with Gasteiger partial charge in [0.05, 0.1) is 11.8 Å². The summed E-state index contributed by atoms with van der Waals surface area (Å²) in [5.74, 6) is 0.193. The second-order valence-electron chi connectivity index (χ2n) is 7.98. The second kappa shape index (κ2) is 8.22. The largest absolute Gasteiger partial charge is 0.303 e. The van der Waals surface area contributed by atoms with Crippen molar-refractivity contribution < 1.29 is 9.59 Å². The van der Waals surface area contributed by atoms with Crippen LogP contribution in [0.5, 0.6) is 0 Å². The van der Waals surface area contributed by atoms with E-state index in [0.29, 0.717) is 6.54 Å². The van der Waals surface area contributed by atoms with E-state index < -0.39 is 0 Å². The molecule has 1 aromatic rings. The van der Waals surface area contributed by atoms with Crippen molar-refractivity contribution in [2.75, 3.05) is 26.2 Å². The van der Waals surface area contributed by atoms with E-state index in [1.54, 1.807) is 0 Å². The van der Waals surface area contributed by atoms with Gasteiger partial charge in [0, 0.05) is 6.54 Å². The average Bonchev–Trinajstić information content (AvgIpc) is 2.95. The summed E-state index contributed by atoms with van der Waals surface area (Å²) >= 11 is 0. The smallest absolute Gasteiger partial charge is 0.237 e. The van der Waals surface area contributed by atoms with Crippen LogP contribution in [0.3, 0.4) is 0 Å². The highest BCUT2D eigenvalue weighted by atomic mass is 16.2. The summed E-state index contributed by atoms with van der Waals surface area (Å²) < 4.78 is 0. The third-order valence-corrected chi connectivity index (χ3v) is 6.17. The van der Waals surface area contributed by atoms with Crippen LogP contribution in [0.1, 0.15) is 24.8 Å². The lowest BCUT2D eigenvalue weighted by atomic mass is 9.90. The Morgan fingerprint density at radius 2 is 1.48 bits per heavy atom. The lowest BCUT2D eigenvalue weighted by Crippen LogP contribution is -2.38. The summed E-state index contributed by atoms with van der Waals surface area (Å²) in [6.07, 6.45) is 12.0. The molecule has 4 heteroatoms. The fraction of sp³-hybridized carbons (Fsp3) is 0.478. The molecule has 1 aliphatic carbocycles. The zero-order chi connectivity index (χ0) is 18.6. The number of likely N-dealkylation sites (tertiary alicyclic amines) is 2. The zero-order valence-electron chi connectivity index (χ0n) is 15.8. The van der Waals surface area contributed by atoms with Gasteiger partial charge in [-0.05, 0) is 56.8 Å². The number of amides is 2. The Morgan fingerprint density at radius 1 is 0.852 bits per heavy atom. The molecular formula is C23H28N2O2. The number of nitrogens with zero attached hydrogens (tertiary/aromatic N) is 2. The molecule has 1 aromatic carbocycles. The normalized spacial score (nSPS) is 26.0. The summed E-state index contributed by atoms with van der Waals surface area (Å²) in [4.78, 5) is 28.9. The van der Waals surface area contributed by atoms with Crippen LogP contribution < -0.4 is 0 Å². The van der Waals surface area contributed by atoms with Crippen molar-refractivity contribution in [1.29, 1.82) is 0 Å². The van der Waals surface area contributed by atoms with E-state index in [4.69, 9.17) is 0 Å². The molecule has 2 unspecified atom stereocenters. The fourth-order valence-electron chi connectivity index (χ4n) is 4.58. The predicted molar refractivity (Wildman–Crippen MR) is 106 cm³/mol. The summed E-state index contributed by atoms with van der Waals surface area (Å²) in [5.41, 5.74) is 1.44. The Morgan fingerprint density at radius 3 is 2.11 bits per heavy atom. The van der Waals surface area contributed by atoms with Crippen LogP contribution in [-0.4, -0.2) is 47.8 Å². The first-order valence-electron chi connectivity index (χ1n) is 10.2. The molecule has 0 saturated carbocycles. The molecule has 2 amide bonds. The van der Waals surface area contributed by atoms with Gasteiger partial charge >= 0.3 is 0 Å². The highest BCUT2D eigenvalue weighted by molar-refractivity contribution is 6.07. The Hall–Kier alpha value is -2.20. The van der Waals surface area contributed by atoms with Crippen molar-refractivity contribution >= 4 is 11.8 Å². The van der Waals surface area contributed by atoms with Gasteiger partial charge in [-0.25, -0.2) is 0 Å². The van der Waals surface area contributed by atoms with Crippen LogP contribution in [0.15, 0.2) is 54.6 Å². The van der Waals surface area contributed by atoms with Gasteiger partial charge in [0.25, 0.3) is 0 Å². The second-order valence-corrected chi connectivity index (χ2v) is 7.98. The highest BCUT2D eigenvalue weighted by Crippen LogP contribution is 2.31. The molecule has 2 saturated heterocycles. The maximum absolute atomic E-state index is 12.5. The number of carbonyl (C=O) groups excluding carboxylic acids is 2. The van der Waals surface area contributed by atoms with Gasteiger partial charge < -0.3 is 4.90 Å². The Balaban J connectivity index is 1.20. The minimum absolute atomic E-state index is 0.0211. The third kappa shape index (κ3) is 4.06. The summed E-state index contributed by atoms with van der Waals surface area (Å²) in [5, 5.41) is 0. The van der Waals surface area contributed by atoms with Gasteiger partial charge in [0.1, 0.15) is 0 Å². The van der Waals surface area contributed by atoms with E-state index in [1.165, 1.54) is 29.7 Å². The number of fused-ring (bicyclic) bond motifs is 1. The summed E-state index contributed by atoms with van der Waals surface area (Å²) in [6, 6.07) is 10.8. The minimum Gasteiger partial charge on any atom is -0.303 e. The standard InChI is InChI=1S/C23H28N2O2/c26-22-20-9-4-5-10-21(20)23(27)25(22)14-6-13-24-15-11-19(12-16-24)17-18-7-2-1-3-8-18/h1-5,7-10,19-21H,6,11-17H2. The molecule has 0 aromatic heterocycles. The molecule has 3 aliphatic rings. The number of carbonyl (C=O) groups is 2. The monoisotopic (exact) mass is 364 g/mol. The first kappa shape index (κ1) is 18.2. The van der Waals surface area contributed by atoms with Crippen LogP contribution >= 0.6 is 0 Å². The van der Waals surface area contributed by atoms with E-state index in [0.717, 1.165) is 32.0 Å². The molecule has 2 fully saturated rings. The lowest BCUT2D eigenvalue weighted by molar-refractivity contribution is -0.139. The van der Waals surface area contributed by atoms with Crippen LogP contribution in [-0.2, 0) is 16.0 Å².